The van der Waals surface area contributed by atoms with E-state index >= 15 is 0 Å². The highest BCUT2D eigenvalue weighted by Crippen LogP contribution is 2.46. The van der Waals surface area contributed by atoms with Crippen LogP contribution in [0.1, 0.15) is 18.3 Å². The van der Waals surface area contributed by atoms with Crippen LogP contribution in [0.3, 0.4) is 0 Å². The van der Waals surface area contributed by atoms with E-state index < -0.39 is 7.14 Å². The zero-order valence-corrected chi connectivity index (χ0v) is 15.5. The van der Waals surface area contributed by atoms with Crippen LogP contribution >= 0.6 is 7.14 Å². The molecule has 5 heteroatoms. The Labute approximate surface area is 153 Å². The predicted molar refractivity (Wildman–Crippen MR) is 105 cm³/mol. The standard InChI is InChI=1S/C21H21N2O2P/c1-17(24)22-15-18-9-8-10-19(23-18)16-26(25,20-11-4-2-5-12-20)21-13-6-3-7-14-21/h2-14H,15-16H2,1H3,(H,22,24). The molecule has 0 fully saturated rings. The summed E-state index contributed by atoms with van der Waals surface area (Å²) in [7, 11) is -2.85. The number of benzene rings is 2. The fourth-order valence-electron chi connectivity index (χ4n) is 2.83. The highest BCUT2D eigenvalue weighted by Gasteiger charge is 2.28. The van der Waals surface area contributed by atoms with E-state index in [4.69, 9.17) is 0 Å². The molecule has 1 N–H and O–H groups in total. The number of nitrogens with one attached hydrogen (secondary N) is 1. The van der Waals surface area contributed by atoms with E-state index in [2.05, 4.69) is 10.3 Å². The number of aromatic nitrogens is 1. The Bertz CT molecular complexity index is 884. The predicted octanol–water partition coefficient (Wildman–Crippen LogP) is 3.23. The smallest absolute Gasteiger partial charge is 0.217 e. The van der Waals surface area contributed by atoms with Gasteiger partial charge in [0, 0.05) is 23.2 Å². The number of carbonyl (C=O) groups excluding carboxylic acids is 1. The molecule has 0 bridgehead atoms. The lowest BCUT2D eigenvalue weighted by Crippen LogP contribution is -2.20. The molecule has 0 spiro atoms. The van der Waals surface area contributed by atoms with Crippen molar-refractivity contribution < 1.29 is 9.36 Å². The van der Waals surface area contributed by atoms with E-state index in [1.54, 1.807) is 0 Å². The SMILES string of the molecule is CC(=O)NCc1cccc(CP(=O)(c2ccccc2)c2ccccc2)n1. The van der Waals surface area contributed by atoms with Crippen molar-refractivity contribution in [3.8, 4) is 0 Å². The number of hydrogen-bond acceptors (Lipinski definition) is 3. The van der Waals surface area contributed by atoms with Crippen molar-refractivity contribution in [3.05, 3.63) is 90.3 Å². The number of rotatable bonds is 6. The van der Waals surface area contributed by atoms with Crippen molar-refractivity contribution in [3.63, 3.8) is 0 Å². The van der Waals surface area contributed by atoms with Gasteiger partial charge in [0.2, 0.25) is 5.91 Å². The van der Waals surface area contributed by atoms with Crippen LogP contribution in [0, 0.1) is 0 Å². The summed E-state index contributed by atoms with van der Waals surface area (Å²) in [6.45, 7) is 1.84. The molecule has 0 atom stereocenters. The van der Waals surface area contributed by atoms with E-state index in [0.717, 1.165) is 22.0 Å². The number of amides is 1. The van der Waals surface area contributed by atoms with Crippen LogP contribution in [-0.4, -0.2) is 10.9 Å². The van der Waals surface area contributed by atoms with Gasteiger partial charge in [-0.1, -0.05) is 66.7 Å². The maximum absolute atomic E-state index is 14.1. The Morgan fingerprint density at radius 2 is 1.38 bits per heavy atom. The molecule has 0 saturated carbocycles. The van der Waals surface area contributed by atoms with E-state index in [-0.39, 0.29) is 5.91 Å². The van der Waals surface area contributed by atoms with Crippen molar-refractivity contribution in [1.29, 1.82) is 0 Å². The van der Waals surface area contributed by atoms with Gasteiger partial charge in [-0.15, -0.1) is 0 Å². The number of pyridine rings is 1. The zero-order chi connectivity index (χ0) is 18.4. The molecule has 3 rings (SSSR count). The Kier molecular flexibility index (Phi) is 5.65. The van der Waals surface area contributed by atoms with Gasteiger partial charge < -0.3 is 9.88 Å². The molecule has 26 heavy (non-hydrogen) atoms. The van der Waals surface area contributed by atoms with Gasteiger partial charge in [-0.05, 0) is 12.1 Å². The highest BCUT2D eigenvalue weighted by atomic mass is 31.2. The lowest BCUT2D eigenvalue weighted by Gasteiger charge is -2.19. The van der Waals surface area contributed by atoms with Crippen molar-refractivity contribution in [2.75, 3.05) is 0 Å². The van der Waals surface area contributed by atoms with Crippen LogP contribution in [0.5, 0.6) is 0 Å². The van der Waals surface area contributed by atoms with Gasteiger partial charge in [-0.3, -0.25) is 9.78 Å². The molecule has 1 heterocycles. The minimum atomic E-state index is -2.85. The van der Waals surface area contributed by atoms with Crippen LogP contribution in [-0.2, 0) is 22.1 Å². The van der Waals surface area contributed by atoms with Crippen LogP contribution < -0.4 is 15.9 Å². The first-order chi connectivity index (χ1) is 12.6. The Morgan fingerprint density at radius 3 is 1.92 bits per heavy atom. The van der Waals surface area contributed by atoms with E-state index in [9.17, 15) is 9.36 Å². The number of carbonyl (C=O) groups is 1. The summed E-state index contributed by atoms with van der Waals surface area (Å²) >= 11 is 0. The largest absolute Gasteiger partial charge is 0.351 e. The lowest BCUT2D eigenvalue weighted by atomic mass is 10.3. The quantitative estimate of drug-likeness (QED) is 0.683. The molecule has 0 aliphatic carbocycles. The zero-order valence-electron chi connectivity index (χ0n) is 14.6. The summed E-state index contributed by atoms with van der Waals surface area (Å²) in [5.74, 6) is -0.101. The third kappa shape index (κ3) is 4.27. The van der Waals surface area contributed by atoms with Crippen LogP contribution in [0.2, 0.25) is 0 Å². The topological polar surface area (TPSA) is 59.1 Å². The van der Waals surface area contributed by atoms with Crippen LogP contribution in [0.15, 0.2) is 78.9 Å². The van der Waals surface area contributed by atoms with Gasteiger partial charge in [0.25, 0.3) is 0 Å². The minimum absolute atomic E-state index is 0.101. The molecule has 0 aliphatic rings. The number of hydrogen-bond donors (Lipinski definition) is 1. The molecule has 132 valence electrons. The van der Waals surface area contributed by atoms with Crippen LogP contribution in [0.25, 0.3) is 0 Å². The van der Waals surface area contributed by atoms with Crippen molar-refractivity contribution in [2.45, 2.75) is 19.6 Å². The normalized spacial score (nSPS) is 11.1. The molecular weight excluding hydrogens is 343 g/mol. The Balaban J connectivity index is 1.96. The van der Waals surface area contributed by atoms with Crippen molar-refractivity contribution >= 4 is 23.7 Å². The fourth-order valence-corrected chi connectivity index (χ4v) is 5.43. The highest BCUT2D eigenvalue weighted by molar-refractivity contribution is 7.78. The van der Waals surface area contributed by atoms with Crippen LogP contribution in [0.4, 0.5) is 0 Å². The molecule has 0 saturated heterocycles. The summed E-state index contributed by atoms with van der Waals surface area (Å²) in [5.41, 5.74) is 1.51. The molecule has 3 aromatic rings. The summed E-state index contributed by atoms with van der Waals surface area (Å²) < 4.78 is 14.1. The third-order valence-corrected chi connectivity index (χ3v) is 7.15. The summed E-state index contributed by atoms with van der Waals surface area (Å²) in [6, 6.07) is 24.8. The first kappa shape index (κ1) is 18.1. The average molecular weight is 364 g/mol. The van der Waals surface area contributed by atoms with E-state index in [1.165, 1.54) is 6.92 Å². The second-order valence-corrected chi connectivity index (χ2v) is 8.93. The maximum Gasteiger partial charge on any atom is 0.217 e. The first-order valence-corrected chi connectivity index (χ1v) is 10.4. The Hall–Kier alpha value is -2.71. The van der Waals surface area contributed by atoms with E-state index in [0.29, 0.717) is 12.7 Å². The molecular formula is C21H21N2O2P. The molecule has 1 amide bonds. The fraction of sp³-hybridized carbons (Fsp3) is 0.143. The first-order valence-electron chi connectivity index (χ1n) is 8.47. The monoisotopic (exact) mass is 364 g/mol. The van der Waals surface area contributed by atoms with Gasteiger partial charge in [-0.2, -0.15) is 0 Å². The second kappa shape index (κ2) is 8.11. The number of nitrogens with zero attached hydrogens (tertiary/aromatic N) is 1. The third-order valence-electron chi connectivity index (χ3n) is 4.11. The average Bonchev–Trinajstić information content (AvgIpc) is 2.68. The van der Waals surface area contributed by atoms with Gasteiger partial charge in [0.15, 0.2) is 0 Å². The molecule has 0 aliphatic heterocycles. The maximum atomic E-state index is 14.1. The minimum Gasteiger partial charge on any atom is -0.351 e. The van der Waals surface area contributed by atoms with Gasteiger partial charge >= 0.3 is 0 Å². The Morgan fingerprint density at radius 1 is 0.846 bits per heavy atom. The summed E-state index contributed by atoms with van der Waals surface area (Å²) in [6.07, 6.45) is 0.342. The van der Waals surface area contributed by atoms with Crippen molar-refractivity contribution in [1.82, 2.24) is 10.3 Å². The van der Waals surface area contributed by atoms with E-state index in [1.807, 2.05) is 78.9 Å². The lowest BCUT2D eigenvalue weighted by molar-refractivity contribution is -0.119. The molecule has 0 radical (unpaired) electrons. The van der Waals surface area contributed by atoms with Gasteiger partial charge in [0.1, 0.15) is 7.14 Å². The van der Waals surface area contributed by atoms with Crippen molar-refractivity contribution in [2.24, 2.45) is 0 Å². The molecule has 1 aromatic heterocycles. The molecule has 0 unspecified atom stereocenters. The second-order valence-electron chi connectivity index (χ2n) is 6.10. The summed E-state index contributed by atoms with van der Waals surface area (Å²) in [5, 5.41) is 4.38. The molecule has 2 aromatic carbocycles. The van der Waals surface area contributed by atoms with Gasteiger partial charge in [-0.25, -0.2) is 0 Å². The molecule has 4 nitrogen and oxygen atoms in total. The summed E-state index contributed by atoms with van der Waals surface area (Å²) in [4.78, 5) is 15.7. The van der Waals surface area contributed by atoms with Gasteiger partial charge in [0.05, 0.1) is 18.4 Å².